The van der Waals surface area contributed by atoms with E-state index in [0.717, 1.165) is 11.3 Å². The molecule has 3 rings (SSSR count). The Labute approximate surface area is 175 Å². The Morgan fingerprint density at radius 1 is 1.27 bits per heavy atom. The highest BCUT2D eigenvalue weighted by Gasteiger charge is 2.21. The maximum atomic E-state index is 13.2. The summed E-state index contributed by atoms with van der Waals surface area (Å²) in [6.45, 7) is 6.14. The van der Waals surface area contributed by atoms with Crippen LogP contribution in [-0.4, -0.2) is 32.2 Å². The summed E-state index contributed by atoms with van der Waals surface area (Å²) in [5.41, 5.74) is 3.24. The van der Waals surface area contributed by atoms with E-state index in [1.807, 2.05) is 30.3 Å². The fourth-order valence-corrected chi connectivity index (χ4v) is 3.34. The van der Waals surface area contributed by atoms with E-state index in [9.17, 15) is 9.59 Å². The SMILES string of the molecule is Cc1ccn(-c2cccc(C(C)C)c2)c(=O)c1C(=O)N(C)Cc1cc(C#N)n(C)n1. The molecule has 0 N–H and O–H groups in total. The van der Waals surface area contributed by atoms with Crippen LogP contribution in [0.25, 0.3) is 5.69 Å². The van der Waals surface area contributed by atoms with Crippen LogP contribution in [0.5, 0.6) is 0 Å². The summed E-state index contributed by atoms with van der Waals surface area (Å²) in [7, 11) is 3.30. The molecule has 0 radical (unpaired) electrons. The van der Waals surface area contributed by atoms with Crippen molar-refractivity contribution in [3.8, 4) is 11.8 Å². The van der Waals surface area contributed by atoms with Crippen molar-refractivity contribution in [3.63, 3.8) is 0 Å². The molecule has 30 heavy (non-hydrogen) atoms. The van der Waals surface area contributed by atoms with Gasteiger partial charge in [-0.2, -0.15) is 10.4 Å². The molecule has 1 aromatic carbocycles. The lowest BCUT2D eigenvalue weighted by Gasteiger charge is -2.18. The van der Waals surface area contributed by atoms with Crippen LogP contribution in [0.1, 0.15) is 52.6 Å². The number of carbonyl (C=O) groups excluding carboxylic acids is 1. The van der Waals surface area contributed by atoms with Gasteiger partial charge >= 0.3 is 0 Å². The molecule has 7 nitrogen and oxygen atoms in total. The van der Waals surface area contributed by atoms with Crippen LogP contribution < -0.4 is 5.56 Å². The van der Waals surface area contributed by atoms with E-state index in [-0.39, 0.29) is 23.6 Å². The van der Waals surface area contributed by atoms with Gasteiger partial charge in [-0.05, 0) is 48.2 Å². The number of hydrogen-bond acceptors (Lipinski definition) is 4. The molecule has 0 bridgehead atoms. The molecule has 0 unspecified atom stereocenters. The summed E-state index contributed by atoms with van der Waals surface area (Å²) in [5.74, 6) is -0.0500. The first-order chi connectivity index (χ1) is 14.2. The van der Waals surface area contributed by atoms with Gasteiger partial charge in [0.1, 0.15) is 17.3 Å². The normalized spacial score (nSPS) is 10.8. The first-order valence-electron chi connectivity index (χ1n) is 9.74. The standard InChI is InChI=1S/C23H25N5O2/c1-15(2)17-7-6-8-19(11-17)28-10-9-16(3)21(23(28)30)22(29)26(4)14-18-12-20(13-24)27(5)25-18/h6-12,15H,14H2,1-5H3. The van der Waals surface area contributed by atoms with Crippen molar-refractivity contribution in [3.05, 3.63) is 81.0 Å². The number of aromatic nitrogens is 3. The number of aryl methyl sites for hydroxylation is 2. The van der Waals surface area contributed by atoms with Crippen molar-refractivity contribution in [1.29, 1.82) is 5.26 Å². The van der Waals surface area contributed by atoms with Crippen LogP contribution in [0.4, 0.5) is 0 Å². The molecule has 0 aliphatic heterocycles. The zero-order chi connectivity index (χ0) is 22.0. The van der Waals surface area contributed by atoms with Gasteiger partial charge in [-0.3, -0.25) is 18.8 Å². The van der Waals surface area contributed by atoms with Crippen LogP contribution in [0.2, 0.25) is 0 Å². The molecule has 0 aliphatic rings. The van der Waals surface area contributed by atoms with Gasteiger partial charge < -0.3 is 4.90 Å². The van der Waals surface area contributed by atoms with Crippen LogP contribution in [0.3, 0.4) is 0 Å². The second kappa shape index (κ2) is 8.37. The Bertz CT molecular complexity index is 1200. The number of nitrogens with zero attached hydrogens (tertiary/aromatic N) is 5. The average Bonchev–Trinajstić information content (AvgIpc) is 3.07. The molecular formula is C23H25N5O2. The molecule has 0 spiro atoms. The highest BCUT2D eigenvalue weighted by Crippen LogP contribution is 2.18. The highest BCUT2D eigenvalue weighted by atomic mass is 16.2. The minimum Gasteiger partial charge on any atom is -0.336 e. The topological polar surface area (TPSA) is 83.9 Å². The Balaban J connectivity index is 1.96. The van der Waals surface area contributed by atoms with Crippen molar-refractivity contribution in [2.24, 2.45) is 7.05 Å². The molecule has 0 saturated carbocycles. The number of nitriles is 1. The Morgan fingerprint density at radius 2 is 2.00 bits per heavy atom. The maximum Gasteiger partial charge on any atom is 0.268 e. The third kappa shape index (κ3) is 4.03. The predicted molar refractivity (Wildman–Crippen MR) is 115 cm³/mol. The number of rotatable bonds is 5. The van der Waals surface area contributed by atoms with Crippen molar-refractivity contribution in [1.82, 2.24) is 19.2 Å². The third-order valence-electron chi connectivity index (χ3n) is 5.12. The van der Waals surface area contributed by atoms with Crippen LogP contribution in [0, 0.1) is 18.3 Å². The molecule has 0 aliphatic carbocycles. The van der Waals surface area contributed by atoms with Gasteiger partial charge in [0.2, 0.25) is 0 Å². The summed E-state index contributed by atoms with van der Waals surface area (Å²) in [6, 6.07) is 13.2. The third-order valence-corrected chi connectivity index (χ3v) is 5.12. The van der Waals surface area contributed by atoms with E-state index >= 15 is 0 Å². The minimum absolute atomic E-state index is 0.131. The zero-order valence-corrected chi connectivity index (χ0v) is 17.9. The van der Waals surface area contributed by atoms with Gasteiger partial charge in [0.25, 0.3) is 11.5 Å². The summed E-state index contributed by atoms with van der Waals surface area (Å²) in [4.78, 5) is 27.8. The number of pyridine rings is 1. The highest BCUT2D eigenvalue weighted by molar-refractivity contribution is 5.95. The van der Waals surface area contributed by atoms with Gasteiger partial charge in [0.15, 0.2) is 0 Å². The molecule has 0 fully saturated rings. The second-order valence-electron chi connectivity index (χ2n) is 7.72. The fourth-order valence-electron chi connectivity index (χ4n) is 3.34. The number of carbonyl (C=O) groups is 1. The second-order valence-corrected chi connectivity index (χ2v) is 7.72. The average molecular weight is 403 g/mol. The lowest BCUT2D eigenvalue weighted by atomic mass is 10.0. The Hall–Kier alpha value is -3.66. The van der Waals surface area contributed by atoms with Crippen LogP contribution >= 0.6 is 0 Å². The first kappa shape index (κ1) is 21.1. The summed E-state index contributed by atoms with van der Waals surface area (Å²) < 4.78 is 2.98. The van der Waals surface area contributed by atoms with Crippen molar-refractivity contribution >= 4 is 5.91 Å². The Kier molecular flexibility index (Phi) is 5.88. The number of benzene rings is 1. The quantitative estimate of drug-likeness (QED) is 0.655. The van der Waals surface area contributed by atoms with E-state index in [0.29, 0.717) is 22.9 Å². The van der Waals surface area contributed by atoms with E-state index in [2.05, 4.69) is 18.9 Å². The van der Waals surface area contributed by atoms with Gasteiger partial charge in [-0.1, -0.05) is 26.0 Å². The van der Waals surface area contributed by atoms with Gasteiger partial charge in [0.05, 0.1) is 12.2 Å². The van der Waals surface area contributed by atoms with Crippen LogP contribution in [0.15, 0.2) is 47.4 Å². The molecule has 0 atom stereocenters. The van der Waals surface area contributed by atoms with Crippen LogP contribution in [-0.2, 0) is 13.6 Å². The summed E-state index contributed by atoms with van der Waals surface area (Å²) >= 11 is 0. The first-order valence-corrected chi connectivity index (χ1v) is 9.74. The predicted octanol–water partition coefficient (Wildman–Crippen LogP) is 3.15. The van der Waals surface area contributed by atoms with Crippen molar-refractivity contribution < 1.29 is 4.79 Å². The smallest absolute Gasteiger partial charge is 0.268 e. The van der Waals surface area contributed by atoms with E-state index in [1.165, 1.54) is 14.1 Å². The lowest BCUT2D eigenvalue weighted by molar-refractivity contribution is 0.0780. The molecule has 7 heteroatoms. The Morgan fingerprint density at radius 3 is 2.63 bits per heavy atom. The molecule has 3 aromatic rings. The van der Waals surface area contributed by atoms with Gasteiger partial charge in [-0.25, -0.2) is 0 Å². The summed E-state index contributed by atoms with van der Waals surface area (Å²) in [6.07, 6.45) is 1.70. The van der Waals surface area contributed by atoms with Crippen molar-refractivity contribution in [2.75, 3.05) is 7.05 Å². The zero-order valence-electron chi connectivity index (χ0n) is 17.9. The summed E-state index contributed by atoms with van der Waals surface area (Å²) in [5, 5.41) is 13.3. The van der Waals surface area contributed by atoms with Gasteiger partial charge in [-0.15, -0.1) is 0 Å². The number of hydrogen-bond donors (Lipinski definition) is 0. The van der Waals surface area contributed by atoms with E-state index < -0.39 is 0 Å². The van der Waals surface area contributed by atoms with Gasteiger partial charge in [0, 0.05) is 26.0 Å². The molecule has 154 valence electrons. The maximum absolute atomic E-state index is 13.2. The molecule has 0 saturated heterocycles. The molecular weight excluding hydrogens is 378 g/mol. The monoisotopic (exact) mass is 403 g/mol. The minimum atomic E-state index is -0.379. The van der Waals surface area contributed by atoms with E-state index in [1.54, 1.807) is 39.3 Å². The molecule has 2 heterocycles. The van der Waals surface area contributed by atoms with Crippen molar-refractivity contribution in [2.45, 2.75) is 33.2 Å². The van der Waals surface area contributed by atoms with E-state index in [4.69, 9.17) is 5.26 Å². The molecule has 1 amide bonds. The fraction of sp³-hybridized carbons (Fsp3) is 0.304. The lowest BCUT2D eigenvalue weighted by Crippen LogP contribution is -2.34. The number of amides is 1. The molecule has 2 aromatic heterocycles. The largest absolute Gasteiger partial charge is 0.336 e.